The summed E-state index contributed by atoms with van der Waals surface area (Å²) in [5.41, 5.74) is 2.30. The zero-order valence-electron chi connectivity index (χ0n) is 11.1. The van der Waals surface area contributed by atoms with Crippen LogP contribution in [0.3, 0.4) is 0 Å². The predicted octanol–water partition coefficient (Wildman–Crippen LogP) is 3.74. The molecule has 0 bridgehead atoms. The summed E-state index contributed by atoms with van der Waals surface area (Å²) in [6.07, 6.45) is 2.94. The lowest BCUT2D eigenvalue weighted by molar-refractivity contribution is 0.871. The first-order chi connectivity index (χ1) is 9.28. The van der Waals surface area contributed by atoms with E-state index in [0.717, 1.165) is 37.3 Å². The van der Waals surface area contributed by atoms with Crippen LogP contribution in [-0.2, 0) is 12.8 Å². The first kappa shape index (κ1) is 13.8. The number of benzene rings is 1. The van der Waals surface area contributed by atoms with Crippen molar-refractivity contribution in [3.05, 3.63) is 52.9 Å². The molecular weight excluding hydrogens is 258 g/mol. The molecule has 0 spiro atoms. The van der Waals surface area contributed by atoms with Crippen LogP contribution in [0.2, 0.25) is 5.28 Å². The van der Waals surface area contributed by atoms with Gasteiger partial charge in [-0.1, -0.05) is 43.7 Å². The normalized spacial score (nSPS) is 10.4. The van der Waals surface area contributed by atoms with Gasteiger partial charge in [0.05, 0.1) is 0 Å². The van der Waals surface area contributed by atoms with E-state index in [1.807, 2.05) is 12.1 Å². The monoisotopic (exact) mass is 275 g/mol. The number of aromatic nitrogens is 2. The van der Waals surface area contributed by atoms with Crippen LogP contribution in [0.5, 0.6) is 0 Å². The number of hydrogen-bond donors (Lipinski definition) is 1. The quantitative estimate of drug-likeness (QED) is 0.816. The van der Waals surface area contributed by atoms with Gasteiger partial charge in [0.25, 0.3) is 0 Å². The Morgan fingerprint density at radius 1 is 1.11 bits per heavy atom. The molecule has 1 aromatic carbocycles. The number of nitrogens with zero attached hydrogens (tertiary/aromatic N) is 2. The largest absolute Gasteiger partial charge is 0.370 e. The van der Waals surface area contributed by atoms with Crippen molar-refractivity contribution in [1.82, 2.24) is 9.97 Å². The minimum absolute atomic E-state index is 0.313. The molecule has 0 fully saturated rings. The minimum Gasteiger partial charge on any atom is -0.370 e. The summed E-state index contributed by atoms with van der Waals surface area (Å²) in [5, 5.41) is 3.61. The van der Waals surface area contributed by atoms with Gasteiger partial charge in [-0.3, -0.25) is 0 Å². The van der Waals surface area contributed by atoms with Gasteiger partial charge in [0, 0.05) is 18.3 Å². The lowest BCUT2D eigenvalue weighted by Gasteiger charge is -2.07. The highest BCUT2D eigenvalue weighted by Crippen LogP contribution is 2.12. The highest BCUT2D eigenvalue weighted by molar-refractivity contribution is 6.28. The number of aryl methyl sites for hydroxylation is 1. The van der Waals surface area contributed by atoms with Crippen LogP contribution >= 0.6 is 11.6 Å². The zero-order valence-corrected chi connectivity index (χ0v) is 11.8. The first-order valence-corrected chi connectivity index (χ1v) is 6.97. The van der Waals surface area contributed by atoms with E-state index in [2.05, 4.69) is 46.5 Å². The van der Waals surface area contributed by atoms with Crippen LogP contribution in [0.1, 0.15) is 24.6 Å². The molecule has 100 valence electrons. The van der Waals surface area contributed by atoms with Crippen LogP contribution in [0.4, 0.5) is 5.82 Å². The van der Waals surface area contributed by atoms with E-state index in [4.69, 9.17) is 11.6 Å². The van der Waals surface area contributed by atoms with Crippen LogP contribution in [0.25, 0.3) is 0 Å². The molecule has 0 amide bonds. The zero-order chi connectivity index (χ0) is 13.5. The molecule has 0 saturated carbocycles. The van der Waals surface area contributed by atoms with Gasteiger partial charge in [0.2, 0.25) is 5.28 Å². The van der Waals surface area contributed by atoms with Gasteiger partial charge >= 0.3 is 0 Å². The maximum atomic E-state index is 5.92. The SMILES string of the molecule is CCCc1cc(NCCc2ccccc2)nc(Cl)n1. The van der Waals surface area contributed by atoms with Crippen molar-refractivity contribution in [3.8, 4) is 0 Å². The van der Waals surface area contributed by atoms with Crippen molar-refractivity contribution in [2.24, 2.45) is 0 Å². The summed E-state index contributed by atoms with van der Waals surface area (Å²) in [6.45, 7) is 2.96. The van der Waals surface area contributed by atoms with Gasteiger partial charge < -0.3 is 5.32 Å². The fourth-order valence-electron chi connectivity index (χ4n) is 1.92. The van der Waals surface area contributed by atoms with E-state index < -0.39 is 0 Å². The molecule has 0 unspecified atom stereocenters. The second-order valence-electron chi connectivity index (χ2n) is 4.43. The molecule has 0 aliphatic carbocycles. The molecule has 3 nitrogen and oxygen atoms in total. The van der Waals surface area contributed by atoms with Crippen molar-refractivity contribution in [2.75, 3.05) is 11.9 Å². The Morgan fingerprint density at radius 3 is 2.63 bits per heavy atom. The molecule has 0 radical (unpaired) electrons. The molecule has 0 aliphatic rings. The molecule has 2 rings (SSSR count). The van der Waals surface area contributed by atoms with Gasteiger partial charge in [-0.15, -0.1) is 0 Å². The van der Waals surface area contributed by atoms with E-state index in [9.17, 15) is 0 Å². The van der Waals surface area contributed by atoms with Crippen molar-refractivity contribution < 1.29 is 0 Å². The lowest BCUT2D eigenvalue weighted by atomic mass is 10.1. The van der Waals surface area contributed by atoms with Gasteiger partial charge in [0.15, 0.2) is 0 Å². The number of rotatable bonds is 6. The standard InChI is InChI=1S/C15H18ClN3/c1-2-6-13-11-14(19-15(16)18-13)17-10-9-12-7-4-3-5-8-12/h3-5,7-8,11H,2,6,9-10H2,1H3,(H,17,18,19). The molecule has 4 heteroatoms. The van der Waals surface area contributed by atoms with Crippen LogP contribution in [0.15, 0.2) is 36.4 Å². The Hall–Kier alpha value is -1.61. The molecule has 2 aromatic rings. The highest BCUT2D eigenvalue weighted by atomic mass is 35.5. The van der Waals surface area contributed by atoms with E-state index >= 15 is 0 Å². The van der Waals surface area contributed by atoms with Gasteiger partial charge in [-0.2, -0.15) is 0 Å². The van der Waals surface area contributed by atoms with Gasteiger partial charge in [-0.05, 0) is 30.0 Å². The third kappa shape index (κ3) is 4.52. The summed E-state index contributed by atoms with van der Waals surface area (Å²) in [5.74, 6) is 0.805. The Balaban J connectivity index is 1.92. The summed E-state index contributed by atoms with van der Waals surface area (Å²) >= 11 is 5.92. The van der Waals surface area contributed by atoms with E-state index in [1.165, 1.54) is 5.56 Å². The summed E-state index contributed by atoms with van der Waals surface area (Å²) in [4.78, 5) is 8.39. The lowest BCUT2D eigenvalue weighted by Crippen LogP contribution is -2.07. The van der Waals surface area contributed by atoms with Crippen molar-refractivity contribution in [3.63, 3.8) is 0 Å². The third-order valence-corrected chi connectivity index (χ3v) is 2.99. The summed E-state index contributed by atoms with van der Waals surface area (Å²) in [7, 11) is 0. The highest BCUT2D eigenvalue weighted by Gasteiger charge is 2.02. The number of halogens is 1. The van der Waals surface area contributed by atoms with Gasteiger partial charge in [-0.25, -0.2) is 9.97 Å². The maximum Gasteiger partial charge on any atom is 0.224 e. The second kappa shape index (κ2) is 7.10. The summed E-state index contributed by atoms with van der Waals surface area (Å²) in [6, 6.07) is 12.3. The molecule has 1 aromatic heterocycles. The molecule has 1 N–H and O–H groups in total. The Labute approximate surface area is 119 Å². The van der Waals surface area contributed by atoms with Crippen molar-refractivity contribution in [2.45, 2.75) is 26.2 Å². The molecule has 0 aliphatic heterocycles. The number of nitrogens with one attached hydrogen (secondary N) is 1. The molecule has 0 saturated heterocycles. The molecule has 1 heterocycles. The van der Waals surface area contributed by atoms with Crippen LogP contribution < -0.4 is 5.32 Å². The Kier molecular flexibility index (Phi) is 5.16. The average molecular weight is 276 g/mol. The molecular formula is C15H18ClN3. The third-order valence-electron chi connectivity index (χ3n) is 2.82. The smallest absolute Gasteiger partial charge is 0.224 e. The maximum absolute atomic E-state index is 5.92. The number of anilines is 1. The minimum atomic E-state index is 0.313. The Morgan fingerprint density at radius 2 is 1.89 bits per heavy atom. The Bertz CT molecular complexity index is 514. The predicted molar refractivity (Wildman–Crippen MR) is 79.7 cm³/mol. The summed E-state index contributed by atoms with van der Waals surface area (Å²) < 4.78 is 0. The van der Waals surface area contributed by atoms with Crippen LogP contribution in [0, 0.1) is 0 Å². The fraction of sp³-hybridized carbons (Fsp3) is 0.333. The fourth-order valence-corrected chi connectivity index (χ4v) is 2.12. The number of hydrogen-bond acceptors (Lipinski definition) is 3. The first-order valence-electron chi connectivity index (χ1n) is 6.59. The van der Waals surface area contributed by atoms with E-state index in [-0.39, 0.29) is 0 Å². The second-order valence-corrected chi connectivity index (χ2v) is 4.76. The van der Waals surface area contributed by atoms with E-state index in [0.29, 0.717) is 5.28 Å². The molecule has 0 atom stereocenters. The van der Waals surface area contributed by atoms with Gasteiger partial charge in [0.1, 0.15) is 5.82 Å². The van der Waals surface area contributed by atoms with E-state index in [1.54, 1.807) is 0 Å². The van der Waals surface area contributed by atoms with Crippen molar-refractivity contribution >= 4 is 17.4 Å². The van der Waals surface area contributed by atoms with Crippen molar-refractivity contribution in [1.29, 1.82) is 0 Å². The van der Waals surface area contributed by atoms with Crippen LogP contribution in [-0.4, -0.2) is 16.5 Å². The average Bonchev–Trinajstić information content (AvgIpc) is 2.40. The molecule has 19 heavy (non-hydrogen) atoms. The topological polar surface area (TPSA) is 37.8 Å².